The zero-order valence-electron chi connectivity index (χ0n) is 18.1. The van der Waals surface area contributed by atoms with E-state index in [9.17, 15) is 0 Å². The normalized spacial score (nSPS) is 22.1. The molecule has 0 bridgehead atoms. The van der Waals surface area contributed by atoms with Crippen molar-refractivity contribution in [3.05, 3.63) is 28.2 Å². The maximum absolute atomic E-state index is 6.07. The van der Waals surface area contributed by atoms with Gasteiger partial charge in [-0.05, 0) is 56.6 Å². The van der Waals surface area contributed by atoms with Crippen LogP contribution in [-0.4, -0.2) is 42.3 Å². The second kappa shape index (κ2) is 12.4. The lowest BCUT2D eigenvalue weighted by atomic mass is 9.93. The molecule has 1 unspecified atom stereocenters. The molecule has 1 aromatic carbocycles. The maximum Gasteiger partial charge on any atom is 0.120 e. The highest BCUT2D eigenvalue weighted by Crippen LogP contribution is 2.29. The van der Waals surface area contributed by atoms with Crippen molar-refractivity contribution in [2.75, 3.05) is 26.2 Å². The van der Waals surface area contributed by atoms with Crippen molar-refractivity contribution >= 4 is 23.2 Å². The van der Waals surface area contributed by atoms with Crippen LogP contribution in [0.1, 0.15) is 77.6 Å². The molecule has 5 heteroatoms. The Bertz CT molecular complexity index is 605. The minimum absolute atomic E-state index is 0.559. The zero-order chi connectivity index (χ0) is 20.5. The summed E-state index contributed by atoms with van der Waals surface area (Å²) in [5, 5.41) is 6.56. The van der Waals surface area contributed by atoms with Crippen LogP contribution < -0.4 is 4.74 Å². The first kappa shape index (κ1) is 23.2. The van der Waals surface area contributed by atoms with E-state index in [1.807, 2.05) is 12.1 Å². The Balaban J connectivity index is 1.37. The lowest BCUT2D eigenvalue weighted by Crippen LogP contribution is -2.53. The summed E-state index contributed by atoms with van der Waals surface area (Å²) in [5.41, 5.74) is 0. The number of hydrogen-bond donors (Lipinski definition) is 0. The Kier molecular flexibility index (Phi) is 9.91. The quantitative estimate of drug-likeness (QED) is 0.357. The van der Waals surface area contributed by atoms with Gasteiger partial charge in [-0.2, -0.15) is 0 Å². The van der Waals surface area contributed by atoms with Crippen molar-refractivity contribution in [2.45, 2.75) is 83.6 Å². The molecule has 1 atom stereocenters. The van der Waals surface area contributed by atoms with Gasteiger partial charge in [0.25, 0.3) is 0 Å². The van der Waals surface area contributed by atoms with Gasteiger partial charge in [0.2, 0.25) is 0 Å². The van der Waals surface area contributed by atoms with E-state index in [-0.39, 0.29) is 0 Å². The summed E-state index contributed by atoms with van der Waals surface area (Å²) in [6.45, 7) is 6.74. The second-order valence-corrected chi connectivity index (χ2v) is 9.59. The van der Waals surface area contributed by atoms with Gasteiger partial charge in [-0.3, -0.25) is 0 Å². The summed E-state index contributed by atoms with van der Waals surface area (Å²) < 4.78 is 5.90. The van der Waals surface area contributed by atoms with Crippen LogP contribution in [0.2, 0.25) is 10.0 Å². The molecule has 0 saturated carbocycles. The first-order valence-corrected chi connectivity index (χ1v) is 12.5. The van der Waals surface area contributed by atoms with Gasteiger partial charge >= 0.3 is 0 Å². The fraction of sp³-hybridized carbons (Fsp3) is 0.750. The van der Waals surface area contributed by atoms with E-state index >= 15 is 0 Å². The Morgan fingerprint density at radius 3 is 2.52 bits per heavy atom. The van der Waals surface area contributed by atoms with Crippen LogP contribution in [0.4, 0.5) is 0 Å². The smallest absolute Gasteiger partial charge is 0.120 e. The first-order valence-electron chi connectivity index (χ1n) is 11.8. The number of ether oxygens (including phenoxy) is 1. The molecule has 0 N–H and O–H groups in total. The summed E-state index contributed by atoms with van der Waals surface area (Å²) in [5.74, 6) is 1.58. The van der Waals surface area contributed by atoms with E-state index < -0.39 is 0 Å². The highest BCUT2D eigenvalue weighted by molar-refractivity contribution is 6.42. The maximum atomic E-state index is 6.07. The minimum atomic E-state index is 0.559. The molecule has 2 aliphatic heterocycles. The minimum Gasteiger partial charge on any atom is -0.494 e. The second-order valence-electron chi connectivity index (χ2n) is 8.77. The van der Waals surface area contributed by atoms with Gasteiger partial charge in [0.05, 0.1) is 16.7 Å². The van der Waals surface area contributed by atoms with Gasteiger partial charge in [0, 0.05) is 31.7 Å². The molecule has 0 radical (unpaired) electrons. The fourth-order valence-electron chi connectivity index (χ4n) is 4.83. The van der Waals surface area contributed by atoms with Crippen LogP contribution in [0, 0.1) is 5.92 Å². The predicted molar refractivity (Wildman–Crippen MR) is 124 cm³/mol. The molecule has 29 heavy (non-hydrogen) atoms. The van der Waals surface area contributed by atoms with E-state index in [1.54, 1.807) is 6.07 Å². The van der Waals surface area contributed by atoms with Crippen LogP contribution in [0.3, 0.4) is 0 Å². The largest absolute Gasteiger partial charge is 0.494 e. The van der Waals surface area contributed by atoms with Gasteiger partial charge in [0.15, 0.2) is 0 Å². The number of nitrogens with zero attached hydrogens (tertiary/aromatic N) is 2. The predicted octanol–water partition coefficient (Wildman–Crippen LogP) is 7.21. The molecule has 0 aliphatic carbocycles. The lowest BCUT2D eigenvalue weighted by Gasteiger charge is -2.46. The Morgan fingerprint density at radius 2 is 1.76 bits per heavy atom. The summed E-state index contributed by atoms with van der Waals surface area (Å²) in [6, 6.07) is 6.29. The SMILES string of the molecule is CCCCCCC1CCCCN1N1CCC(CCOc2ccc(Cl)c(Cl)c2)CC1. The Hall–Kier alpha value is -0.480. The number of hydrogen-bond acceptors (Lipinski definition) is 3. The molecule has 2 saturated heterocycles. The third-order valence-electron chi connectivity index (χ3n) is 6.63. The van der Waals surface area contributed by atoms with Gasteiger partial charge in [-0.15, -0.1) is 0 Å². The van der Waals surface area contributed by atoms with Gasteiger partial charge in [-0.1, -0.05) is 62.2 Å². The number of rotatable bonds is 10. The molecule has 0 spiro atoms. The van der Waals surface area contributed by atoms with Crippen LogP contribution in [0.5, 0.6) is 5.75 Å². The van der Waals surface area contributed by atoms with E-state index in [0.29, 0.717) is 10.0 Å². The molecule has 2 heterocycles. The van der Waals surface area contributed by atoms with Crippen LogP contribution in [0.25, 0.3) is 0 Å². The van der Waals surface area contributed by atoms with Crippen LogP contribution in [-0.2, 0) is 0 Å². The first-order chi connectivity index (χ1) is 14.2. The number of hydrazine groups is 1. The van der Waals surface area contributed by atoms with Crippen molar-refractivity contribution in [1.29, 1.82) is 0 Å². The standard InChI is InChI=1S/C24H38Cl2N2O/c1-2-3-4-5-8-21-9-6-7-15-28(21)27-16-12-20(13-17-27)14-18-29-22-10-11-23(25)24(26)19-22/h10-11,19-21H,2-9,12-18H2,1H3. The lowest BCUT2D eigenvalue weighted by molar-refractivity contribution is -0.0987. The van der Waals surface area contributed by atoms with E-state index in [0.717, 1.165) is 30.7 Å². The number of unbranched alkanes of at least 4 members (excludes halogenated alkanes) is 3. The third-order valence-corrected chi connectivity index (χ3v) is 7.37. The average Bonchev–Trinajstić information content (AvgIpc) is 2.75. The van der Waals surface area contributed by atoms with Gasteiger partial charge in [-0.25, -0.2) is 10.0 Å². The highest BCUT2D eigenvalue weighted by Gasteiger charge is 2.30. The molecule has 3 nitrogen and oxygen atoms in total. The zero-order valence-corrected chi connectivity index (χ0v) is 19.6. The number of benzene rings is 1. The molecule has 1 aromatic rings. The van der Waals surface area contributed by atoms with Crippen molar-refractivity contribution in [2.24, 2.45) is 5.92 Å². The van der Waals surface area contributed by atoms with Crippen molar-refractivity contribution in [3.8, 4) is 5.75 Å². The average molecular weight is 441 g/mol. The summed E-state index contributed by atoms with van der Waals surface area (Å²) in [7, 11) is 0. The topological polar surface area (TPSA) is 15.7 Å². The summed E-state index contributed by atoms with van der Waals surface area (Å²) >= 11 is 12.0. The van der Waals surface area contributed by atoms with Crippen LogP contribution in [0.15, 0.2) is 18.2 Å². The molecular weight excluding hydrogens is 403 g/mol. The Labute approximate surface area is 187 Å². The molecule has 3 rings (SSSR count). The van der Waals surface area contributed by atoms with Crippen molar-refractivity contribution in [1.82, 2.24) is 10.0 Å². The number of piperidine rings is 2. The van der Waals surface area contributed by atoms with E-state index in [1.165, 1.54) is 83.8 Å². The summed E-state index contributed by atoms with van der Waals surface area (Å²) in [4.78, 5) is 0. The highest BCUT2D eigenvalue weighted by atomic mass is 35.5. The van der Waals surface area contributed by atoms with Crippen molar-refractivity contribution in [3.63, 3.8) is 0 Å². The van der Waals surface area contributed by atoms with E-state index in [2.05, 4.69) is 16.9 Å². The van der Waals surface area contributed by atoms with Gasteiger partial charge < -0.3 is 4.74 Å². The molecule has 0 aromatic heterocycles. The Morgan fingerprint density at radius 1 is 0.931 bits per heavy atom. The van der Waals surface area contributed by atoms with Gasteiger partial charge in [0.1, 0.15) is 5.75 Å². The van der Waals surface area contributed by atoms with Crippen LogP contribution >= 0.6 is 23.2 Å². The molecule has 2 aliphatic rings. The van der Waals surface area contributed by atoms with Crippen molar-refractivity contribution < 1.29 is 4.74 Å². The molecule has 0 amide bonds. The monoisotopic (exact) mass is 440 g/mol. The third kappa shape index (κ3) is 7.31. The molecular formula is C24H38Cl2N2O. The summed E-state index contributed by atoms with van der Waals surface area (Å²) in [6.07, 6.45) is 14.8. The van der Waals surface area contributed by atoms with E-state index in [4.69, 9.17) is 27.9 Å². The number of halogens is 2. The molecule has 164 valence electrons. The molecule has 2 fully saturated rings. The fourth-order valence-corrected chi connectivity index (χ4v) is 5.12.